The Balaban J connectivity index is 2.10. The van der Waals surface area contributed by atoms with Crippen LogP contribution in [0.1, 0.15) is 42.6 Å². The molecule has 3 N–H and O–H groups in total. The number of aryl methyl sites for hydroxylation is 1. The van der Waals surface area contributed by atoms with Crippen LogP contribution in [-0.2, 0) is 0 Å². The van der Waals surface area contributed by atoms with Gasteiger partial charge in [-0.3, -0.25) is 4.79 Å². The van der Waals surface area contributed by atoms with Crippen molar-refractivity contribution in [3.05, 3.63) is 42.0 Å². The monoisotopic (exact) mass is 301 g/mol. The van der Waals surface area contributed by atoms with E-state index in [0.29, 0.717) is 12.1 Å². The van der Waals surface area contributed by atoms with Gasteiger partial charge in [-0.25, -0.2) is 9.67 Å². The first-order valence-electron chi connectivity index (χ1n) is 7.52. The van der Waals surface area contributed by atoms with Crippen molar-refractivity contribution in [1.82, 2.24) is 20.1 Å². The largest absolute Gasteiger partial charge is 0.350 e. The van der Waals surface area contributed by atoms with Crippen LogP contribution in [-0.4, -0.2) is 32.8 Å². The summed E-state index contributed by atoms with van der Waals surface area (Å²) in [7, 11) is 0. The van der Waals surface area contributed by atoms with E-state index in [1.54, 1.807) is 17.1 Å². The van der Waals surface area contributed by atoms with Gasteiger partial charge >= 0.3 is 0 Å². The van der Waals surface area contributed by atoms with E-state index in [-0.39, 0.29) is 11.4 Å². The Morgan fingerprint density at radius 2 is 2.09 bits per heavy atom. The summed E-state index contributed by atoms with van der Waals surface area (Å²) in [6.07, 6.45) is 4.77. The Kier molecular flexibility index (Phi) is 4.92. The maximum Gasteiger partial charge on any atom is 0.251 e. The Morgan fingerprint density at radius 3 is 2.64 bits per heavy atom. The highest BCUT2D eigenvalue weighted by Crippen LogP contribution is 2.15. The number of carbonyl (C=O) groups excluding carboxylic acids is 1. The van der Waals surface area contributed by atoms with Crippen molar-refractivity contribution in [2.75, 3.05) is 6.54 Å². The average molecular weight is 301 g/mol. The molecule has 1 aromatic carbocycles. The van der Waals surface area contributed by atoms with Crippen LogP contribution in [0, 0.1) is 6.92 Å². The molecule has 2 rings (SSSR count). The van der Waals surface area contributed by atoms with Crippen molar-refractivity contribution in [3.8, 4) is 5.69 Å². The van der Waals surface area contributed by atoms with Crippen molar-refractivity contribution in [2.24, 2.45) is 5.73 Å². The maximum atomic E-state index is 12.3. The molecule has 0 aliphatic rings. The number of aromatic nitrogens is 3. The molecule has 0 aliphatic carbocycles. The predicted molar refractivity (Wildman–Crippen MR) is 85.9 cm³/mol. The average Bonchev–Trinajstić information content (AvgIpc) is 3.06. The lowest BCUT2D eigenvalue weighted by atomic mass is 9.94. The second-order valence-electron chi connectivity index (χ2n) is 5.59. The van der Waals surface area contributed by atoms with E-state index in [0.717, 1.165) is 24.1 Å². The highest BCUT2D eigenvalue weighted by molar-refractivity contribution is 5.94. The maximum absolute atomic E-state index is 12.3. The topological polar surface area (TPSA) is 85.8 Å². The Morgan fingerprint density at radius 1 is 1.36 bits per heavy atom. The van der Waals surface area contributed by atoms with Gasteiger partial charge in [0, 0.05) is 17.6 Å². The zero-order valence-corrected chi connectivity index (χ0v) is 13.3. The smallest absolute Gasteiger partial charge is 0.251 e. The molecule has 22 heavy (non-hydrogen) atoms. The molecule has 6 heteroatoms. The van der Waals surface area contributed by atoms with E-state index in [1.807, 2.05) is 32.9 Å². The lowest BCUT2D eigenvalue weighted by Gasteiger charge is -2.26. The van der Waals surface area contributed by atoms with E-state index in [2.05, 4.69) is 15.4 Å². The van der Waals surface area contributed by atoms with Crippen LogP contribution in [0.25, 0.3) is 5.69 Å². The number of hydrogen-bond acceptors (Lipinski definition) is 4. The third kappa shape index (κ3) is 3.51. The molecule has 0 radical (unpaired) electrons. The van der Waals surface area contributed by atoms with E-state index >= 15 is 0 Å². The molecule has 0 spiro atoms. The van der Waals surface area contributed by atoms with Gasteiger partial charge in [0.1, 0.15) is 12.7 Å². The van der Waals surface area contributed by atoms with Crippen molar-refractivity contribution in [3.63, 3.8) is 0 Å². The number of carbonyl (C=O) groups is 1. The number of amides is 1. The zero-order chi connectivity index (χ0) is 16.2. The number of benzene rings is 1. The predicted octanol–water partition coefficient (Wildman–Crippen LogP) is 1.82. The standard InChI is InChI=1S/C16H23N5O/c1-4-16(17,5-2)9-19-15(22)13-6-7-14(12(3)8-13)21-11-18-10-20-21/h6-8,10-11H,4-5,9,17H2,1-3H3,(H,19,22). The van der Waals surface area contributed by atoms with Gasteiger partial charge in [0.2, 0.25) is 0 Å². The highest BCUT2D eigenvalue weighted by atomic mass is 16.1. The molecule has 0 aliphatic heterocycles. The molecular weight excluding hydrogens is 278 g/mol. The molecular formula is C16H23N5O. The number of nitrogens with zero attached hydrogens (tertiary/aromatic N) is 3. The number of rotatable bonds is 6. The molecule has 1 aromatic heterocycles. The molecule has 0 fully saturated rings. The summed E-state index contributed by atoms with van der Waals surface area (Å²) < 4.78 is 1.68. The normalized spacial score (nSPS) is 11.5. The molecule has 2 aromatic rings. The van der Waals surface area contributed by atoms with Crippen LogP contribution in [0.2, 0.25) is 0 Å². The fourth-order valence-corrected chi connectivity index (χ4v) is 2.24. The highest BCUT2D eigenvalue weighted by Gasteiger charge is 2.21. The molecule has 1 amide bonds. The lowest BCUT2D eigenvalue weighted by molar-refractivity contribution is 0.0942. The quantitative estimate of drug-likeness (QED) is 0.852. The van der Waals surface area contributed by atoms with Crippen molar-refractivity contribution in [2.45, 2.75) is 39.2 Å². The van der Waals surface area contributed by atoms with Crippen LogP contribution >= 0.6 is 0 Å². The summed E-state index contributed by atoms with van der Waals surface area (Å²) in [4.78, 5) is 16.2. The second kappa shape index (κ2) is 6.70. The van der Waals surface area contributed by atoms with Crippen LogP contribution in [0.15, 0.2) is 30.9 Å². The molecule has 0 atom stereocenters. The van der Waals surface area contributed by atoms with Gasteiger partial charge in [0.15, 0.2) is 0 Å². The van der Waals surface area contributed by atoms with Crippen LogP contribution < -0.4 is 11.1 Å². The first-order chi connectivity index (χ1) is 10.5. The molecule has 0 saturated carbocycles. The summed E-state index contributed by atoms with van der Waals surface area (Å²) in [5.74, 6) is -0.107. The summed E-state index contributed by atoms with van der Waals surface area (Å²) in [5, 5.41) is 7.03. The fraction of sp³-hybridized carbons (Fsp3) is 0.438. The van der Waals surface area contributed by atoms with Crippen molar-refractivity contribution < 1.29 is 4.79 Å². The molecule has 0 unspecified atom stereocenters. The van der Waals surface area contributed by atoms with Gasteiger partial charge in [0.05, 0.1) is 5.69 Å². The number of hydrogen-bond donors (Lipinski definition) is 2. The summed E-state index contributed by atoms with van der Waals surface area (Å²) in [6, 6.07) is 5.51. The van der Waals surface area contributed by atoms with Gasteiger partial charge in [-0.1, -0.05) is 13.8 Å². The minimum atomic E-state index is -0.342. The fourth-order valence-electron chi connectivity index (χ4n) is 2.24. The van der Waals surface area contributed by atoms with Gasteiger partial charge in [-0.2, -0.15) is 5.10 Å². The summed E-state index contributed by atoms with van der Waals surface area (Å²) >= 11 is 0. The number of nitrogens with one attached hydrogen (secondary N) is 1. The lowest BCUT2D eigenvalue weighted by Crippen LogP contribution is -2.49. The van der Waals surface area contributed by atoms with Gasteiger partial charge in [-0.15, -0.1) is 0 Å². The van der Waals surface area contributed by atoms with Gasteiger partial charge < -0.3 is 11.1 Å². The van der Waals surface area contributed by atoms with E-state index in [1.165, 1.54) is 6.33 Å². The summed E-state index contributed by atoms with van der Waals surface area (Å²) in [5.41, 5.74) is 8.36. The van der Waals surface area contributed by atoms with Crippen LogP contribution in [0.5, 0.6) is 0 Å². The van der Waals surface area contributed by atoms with Gasteiger partial charge in [-0.05, 0) is 43.5 Å². The molecule has 118 valence electrons. The molecule has 1 heterocycles. The first kappa shape index (κ1) is 16.2. The van der Waals surface area contributed by atoms with Crippen LogP contribution in [0.3, 0.4) is 0 Å². The third-order valence-corrected chi connectivity index (χ3v) is 4.13. The Labute approximate surface area is 130 Å². The van der Waals surface area contributed by atoms with E-state index in [4.69, 9.17) is 5.73 Å². The first-order valence-corrected chi connectivity index (χ1v) is 7.52. The van der Waals surface area contributed by atoms with Gasteiger partial charge in [0.25, 0.3) is 5.91 Å². The minimum Gasteiger partial charge on any atom is -0.350 e. The summed E-state index contributed by atoms with van der Waals surface area (Å²) in [6.45, 7) is 6.49. The molecule has 0 bridgehead atoms. The van der Waals surface area contributed by atoms with E-state index < -0.39 is 0 Å². The Bertz CT molecular complexity index is 632. The third-order valence-electron chi connectivity index (χ3n) is 4.13. The van der Waals surface area contributed by atoms with Crippen LogP contribution in [0.4, 0.5) is 0 Å². The SMILES string of the molecule is CCC(N)(CC)CNC(=O)c1ccc(-n2cncn2)c(C)c1. The zero-order valence-electron chi connectivity index (χ0n) is 13.3. The Hall–Kier alpha value is -2.21. The molecule has 6 nitrogen and oxygen atoms in total. The minimum absolute atomic E-state index is 0.107. The molecule has 0 saturated heterocycles. The van der Waals surface area contributed by atoms with E-state index in [9.17, 15) is 4.79 Å². The van der Waals surface area contributed by atoms with Crippen molar-refractivity contribution >= 4 is 5.91 Å². The number of nitrogens with two attached hydrogens (primary N) is 1. The second-order valence-corrected chi connectivity index (χ2v) is 5.59. The van der Waals surface area contributed by atoms with Crippen molar-refractivity contribution in [1.29, 1.82) is 0 Å².